The molecule has 17 heavy (non-hydrogen) atoms. The highest BCUT2D eigenvalue weighted by Crippen LogP contribution is 2.23. The maximum Gasteiger partial charge on any atom is 0.268 e. The van der Waals surface area contributed by atoms with E-state index in [1.165, 1.54) is 6.33 Å². The molecule has 0 aliphatic carbocycles. The van der Waals surface area contributed by atoms with Crippen LogP contribution in [-0.4, -0.2) is 9.97 Å². The fraction of sp³-hybridized carbons (Fsp3) is 0. The van der Waals surface area contributed by atoms with E-state index >= 15 is 0 Å². The summed E-state index contributed by atoms with van der Waals surface area (Å²) in [7, 11) is 0. The topological polar surface area (TPSA) is 78.8 Å². The van der Waals surface area contributed by atoms with Gasteiger partial charge in [-0.1, -0.05) is 0 Å². The SMILES string of the molecule is N#Cc1ccc(Oc2nc[nH]c(=O)c2Br)cc1. The third kappa shape index (κ3) is 2.52. The predicted octanol–water partition coefficient (Wildman–Crippen LogP) is 2.20. The van der Waals surface area contributed by atoms with Gasteiger partial charge in [-0.2, -0.15) is 5.26 Å². The van der Waals surface area contributed by atoms with Gasteiger partial charge < -0.3 is 9.72 Å². The van der Waals surface area contributed by atoms with Gasteiger partial charge >= 0.3 is 0 Å². The quantitative estimate of drug-likeness (QED) is 0.920. The normalized spacial score (nSPS) is 9.65. The molecule has 6 heteroatoms. The maximum atomic E-state index is 11.3. The second-order valence-corrected chi connectivity index (χ2v) is 3.88. The number of H-pyrrole nitrogens is 1. The van der Waals surface area contributed by atoms with E-state index in [-0.39, 0.29) is 15.9 Å². The van der Waals surface area contributed by atoms with E-state index in [0.29, 0.717) is 11.3 Å². The van der Waals surface area contributed by atoms with E-state index in [9.17, 15) is 4.79 Å². The van der Waals surface area contributed by atoms with Crippen molar-refractivity contribution in [3.05, 3.63) is 51.0 Å². The highest BCUT2D eigenvalue weighted by molar-refractivity contribution is 9.10. The molecule has 2 aromatic rings. The Morgan fingerprint density at radius 3 is 2.71 bits per heavy atom. The fourth-order valence-corrected chi connectivity index (χ4v) is 1.44. The van der Waals surface area contributed by atoms with Crippen LogP contribution in [0.25, 0.3) is 0 Å². The number of ether oxygens (including phenoxy) is 1. The molecule has 0 amide bonds. The van der Waals surface area contributed by atoms with Gasteiger partial charge in [-0.3, -0.25) is 4.79 Å². The van der Waals surface area contributed by atoms with Crippen molar-refractivity contribution >= 4 is 15.9 Å². The molecule has 0 saturated heterocycles. The van der Waals surface area contributed by atoms with Crippen LogP contribution >= 0.6 is 15.9 Å². The first kappa shape index (κ1) is 11.4. The van der Waals surface area contributed by atoms with E-state index in [0.717, 1.165) is 0 Å². The number of aromatic amines is 1. The molecule has 1 aromatic carbocycles. The van der Waals surface area contributed by atoms with Crippen molar-refractivity contribution in [1.82, 2.24) is 9.97 Å². The van der Waals surface area contributed by atoms with Gasteiger partial charge in [0.05, 0.1) is 18.0 Å². The van der Waals surface area contributed by atoms with E-state index in [1.807, 2.05) is 6.07 Å². The number of nitrogens with zero attached hydrogens (tertiary/aromatic N) is 2. The highest BCUT2D eigenvalue weighted by atomic mass is 79.9. The summed E-state index contributed by atoms with van der Waals surface area (Å²) in [5.74, 6) is 0.682. The number of benzene rings is 1. The first-order chi connectivity index (χ1) is 8.20. The van der Waals surface area contributed by atoms with Gasteiger partial charge in [0.1, 0.15) is 10.2 Å². The smallest absolute Gasteiger partial charge is 0.268 e. The number of hydrogen-bond donors (Lipinski definition) is 1. The van der Waals surface area contributed by atoms with Crippen LogP contribution in [0, 0.1) is 11.3 Å². The zero-order valence-corrected chi connectivity index (χ0v) is 10.1. The molecule has 0 atom stereocenters. The van der Waals surface area contributed by atoms with Crippen molar-refractivity contribution in [1.29, 1.82) is 5.26 Å². The van der Waals surface area contributed by atoms with Gasteiger partial charge in [0.25, 0.3) is 5.56 Å². The zero-order chi connectivity index (χ0) is 12.3. The van der Waals surface area contributed by atoms with Crippen LogP contribution in [0.3, 0.4) is 0 Å². The van der Waals surface area contributed by atoms with Gasteiger partial charge in [0.2, 0.25) is 5.88 Å². The van der Waals surface area contributed by atoms with Gasteiger partial charge in [-0.05, 0) is 40.2 Å². The number of halogens is 1. The lowest BCUT2D eigenvalue weighted by atomic mass is 10.2. The Hall–Kier alpha value is -2.13. The fourth-order valence-electron chi connectivity index (χ4n) is 1.15. The lowest BCUT2D eigenvalue weighted by Gasteiger charge is -2.05. The van der Waals surface area contributed by atoms with Crippen molar-refractivity contribution in [2.45, 2.75) is 0 Å². The summed E-state index contributed by atoms with van der Waals surface area (Å²) in [6, 6.07) is 8.51. The Bertz CT molecular complexity index is 628. The molecule has 0 radical (unpaired) electrons. The lowest BCUT2D eigenvalue weighted by molar-refractivity contribution is 0.457. The summed E-state index contributed by atoms with van der Waals surface area (Å²) in [5.41, 5.74) is 0.221. The van der Waals surface area contributed by atoms with Crippen LogP contribution in [0.4, 0.5) is 0 Å². The van der Waals surface area contributed by atoms with Crippen molar-refractivity contribution < 1.29 is 4.74 Å². The molecule has 1 N–H and O–H groups in total. The van der Waals surface area contributed by atoms with Crippen LogP contribution in [-0.2, 0) is 0 Å². The molecule has 1 aromatic heterocycles. The molecular formula is C11H6BrN3O2. The Kier molecular flexibility index (Phi) is 3.21. The van der Waals surface area contributed by atoms with Gasteiger partial charge in [0.15, 0.2) is 0 Å². The van der Waals surface area contributed by atoms with Crippen LogP contribution in [0.15, 0.2) is 39.9 Å². The first-order valence-corrected chi connectivity index (χ1v) is 5.41. The van der Waals surface area contributed by atoms with Crippen molar-refractivity contribution in [3.8, 4) is 17.7 Å². The molecule has 5 nitrogen and oxygen atoms in total. The Balaban J connectivity index is 2.29. The Morgan fingerprint density at radius 1 is 1.35 bits per heavy atom. The van der Waals surface area contributed by atoms with Gasteiger partial charge in [-0.15, -0.1) is 0 Å². The van der Waals surface area contributed by atoms with E-state index < -0.39 is 0 Å². The minimum absolute atomic E-state index is 0.179. The number of rotatable bonds is 2. The highest BCUT2D eigenvalue weighted by Gasteiger charge is 2.07. The molecule has 0 aliphatic heterocycles. The largest absolute Gasteiger partial charge is 0.438 e. The first-order valence-electron chi connectivity index (χ1n) is 4.62. The molecule has 0 bridgehead atoms. The van der Waals surface area contributed by atoms with Crippen LogP contribution in [0.2, 0.25) is 0 Å². The second kappa shape index (κ2) is 4.80. The molecule has 0 aliphatic rings. The summed E-state index contributed by atoms with van der Waals surface area (Å²) in [6.07, 6.45) is 1.26. The maximum absolute atomic E-state index is 11.3. The minimum Gasteiger partial charge on any atom is -0.438 e. The number of nitriles is 1. The number of hydrogen-bond acceptors (Lipinski definition) is 4. The molecule has 84 valence electrons. The Morgan fingerprint density at radius 2 is 2.06 bits per heavy atom. The van der Waals surface area contributed by atoms with Crippen molar-refractivity contribution in [2.75, 3.05) is 0 Å². The van der Waals surface area contributed by atoms with E-state index in [4.69, 9.17) is 10.00 Å². The summed E-state index contributed by atoms with van der Waals surface area (Å²) in [4.78, 5) is 17.6. The van der Waals surface area contributed by atoms with Gasteiger partial charge in [-0.25, -0.2) is 4.98 Å². The molecule has 0 fully saturated rings. The lowest BCUT2D eigenvalue weighted by Crippen LogP contribution is -2.08. The van der Waals surface area contributed by atoms with Crippen molar-refractivity contribution in [2.24, 2.45) is 0 Å². The molecule has 1 heterocycles. The van der Waals surface area contributed by atoms with Gasteiger partial charge in [0, 0.05) is 0 Å². The number of nitrogens with one attached hydrogen (secondary N) is 1. The molecule has 0 unspecified atom stereocenters. The summed E-state index contributed by atoms with van der Waals surface area (Å²) in [6.45, 7) is 0. The van der Waals surface area contributed by atoms with Crippen molar-refractivity contribution in [3.63, 3.8) is 0 Å². The third-order valence-corrected chi connectivity index (χ3v) is 2.66. The Labute approximate surface area is 105 Å². The van der Waals surface area contributed by atoms with Crippen LogP contribution < -0.4 is 10.3 Å². The predicted molar refractivity (Wildman–Crippen MR) is 63.8 cm³/mol. The van der Waals surface area contributed by atoms with E-state index in [2.05, 4.69) is 25.9 Å². The molecule has 0 spiro atoms. The van der Waals surface area contributed by atoms with Crippen LogP contribution in [0.5, 0.6) is 11.6 Å². The summed E-state index contributed by atoms with van der Waals surface area (Å²) >= 11 is 3.08. The van der Waals surface area contributed by atoms with E-state index in [1.54, 1.807) is 24.3 Å². The molecular weight excluding hydrogens is 286 g/mol. The summed E-state index contributed by atoms with van der Waals surface area (Å²) in [5, 5.41) is 8.64. The molecule has 2 rings (SSSR count). The average molecular weight is 292 g/mol. The standard InChI is InChI=1S/C11H6BrN3O2/c12-9-10(16)14-6-15-11(9)17-8-3-1-7(5-13)2-4-8/h1-4,6H,(H,14,15,16). The van der Waals surface area contributed by atoms with Crippen LogP contribution in [0.1, 0.15) is 5.56 Å². The monoisotopic (exact) mass is 291 g/mol. The number of aromatic nitrogens is 2. The average Bonchev–Trinajstić information content (AvgIpc) is 2.36. The third-order valence-electron chi connectivity index (χ3n) is 1.96. The second-order valence-electron chi connectivity index (χ2n) is 3.09. The zero-order valence-electron chi connectivity index (χ0n) is 8.48. The summed E-state index contributed by atoms with van der Waals surface area (Å²) < 4.78 is 5.63. The minimum atomic E-state index is -0.316. The molecule has 0 saturated carbocycles.